The molecule has 1 aliphatic rings. The summed E-state index contributed by atoms with van der Waals surface area (Å²) in [5, 5.41) is 2.96. The van der Waals surface area contributed by atoms with E-state index in [9.17, 15) is 13.2 Å². The number of hydrogen-bond donors (Lipinski definition) is 1. The fourth-order valence-corrected chi connectivity index (χ4v) is 5.55. The van der Waals surface area contributed by atoms with Crippen LogP contribution in [-0.2, 0) is 14.6 Å². The van der Waals surface area contributed by atoms with Gasteiger partial charge in [0.1, 0.15) is 0 Å². The smallest absolute Gasteiger partial charge is 0.242 e. The third kappa shape index (κ3) is 3.48. The predicted molar refractivity (Wildman–Crippen MR) is 95.0 cm³/mol. The van der Waals surface area contributed by atoms with E-state index in [0.29, 0.717) is 12.8 Å². The molecule has 0 heterocycles. The molecule has 1 amide bonds. The molecule has 0 radical (unpaired) electrons. The lowest BCUT2D eigenvalue weighted by Gasteiger charge is -2.29. The lowest BCUT2D eigenvalue weighted by atomic mass is 10.0. The van der Waals surface area contributed by atoms with Crippen LogP contribution in [0.5, 0.6) is 0 Å². The lowest BCUT2D eigenvalue weighted by molar-refractivity contribution is -0.124. The number of nitrogens with one attached hydrogen (secondary N) is 1. The third-order valence-electron chi connectivity index (χ3n) is 4.78. The van der Waals surface area contributed by atoms with Crippen molar-refractivity contribution < 1.29 is 13.2 Å². The van der Waals surface area contributed by atoms with E-state index in [-0.39, 0.29) is 16.8 Å². The predicted octanol–water partition coefficient (Wildman–Crippen LogP) is 3.84. The van der Waals surface area contributed by atoms with E-state index in [1.54, 1.807) is 24.3 Å². The maximum atomic E-state index is 13.2. The van der Waals surface area contributed by atoms with Gasteiger partial charge in [0.05, 0.1) is 4.90 Å². The van der Waals surface area contributed by atoms with Gasteiger partial charge in [-0.1, -0.05) is 42.6 Å². The molecule has 6 heteroatoms. The van der Waals surface area contributed by atoms with E-state index in [1.807, 2.05) is 13.8 Å². The Kier molecular flexibility index (Phi) is 5.89. The average Bonchev–Trinajstić information content (AvgIpc) is 3.04. The van der Waals surface area contributed by atoms with Gasteiger partial charge in [-0.05, 0) is 49.9 Å². The van der Waals surface area contributed by atoms with Gasteiger partial charge in [0.25, 0.3) is 0 Å². The molecular formula is C17H24BrNO3S. The number of carbonyl (C=O) groups is 1. The van der Waals surface area contributed by atoms with Crippen molar-refractivity contribution in [1.82, 2.24) is 5.32 Å². The maximum Gasteiger partial charge on any atom is 0.242 e. The second-order valence-corrected chi connectivity index (χ2v) is 9.32. The van der Waals surface area contributed by atoms with Crippen molar-refractivity contribution in [3.05, 3.63) is 28.7 Å². The van der Waals surface area contributed by atoms with E-state index in [2.05, 4.69) is 21.2 Å². The molecule has 23 heavy (non-hydrogen) atoms. The molecule has 1 aromatic rings. The Balaban J connectivity index is 2.40. The zero-order valence-electron chi connectivity index (χ0n) is 13.6. The molecule has 2 rings (SSSR count). The van der Waals surface area contributed by atoms with Crippen molar-refractivity contribution in [2.24, 2.45) is 0 Å². The van der Waals surface area contributed by atoms with Crippen LogP contribution in [0.1, 0.15) is 52.4 Å². The minimum Gasteiger partial charge on any atom is -0.352 e. The Hall–Kier alpha value is -0.880. The molecule has 1 aromatic carbocycles. The zero-order valence-corrected chi connectivity index (χ0v) is 16.0. The molecule has 0 spiro atoms. The summed E-state index contributed by atoms with van der Waals surface area (Å²) in [7, 11) is -3.71. The molecule has 1 fully saturated rings. The van der Waals surface area contributed by atoms with Gasteiger partial charge in [0.2, 0.25) is 5.91 Å². The average molecular weight is 402 g/mol. The quantitative estimate of drug-likeness (QED) is 0.787. The molecule has 0 bridgehead atoms. The molecule has 1 aliphatic carbocycles. The molecule has 0 aliphatic heterocycles. The molecule has 1 N–H and O–H groups in total. The van der Waals surface area contributed by atoms with Crippen LogP contribution in [0.4, 0.5) is 0 Å². The molecule has 4 nitrogen and oxygen atoms in total. The van der Waals surface area contributed by atoms with Gasteiger partial charge in [0.15, 0.2) is 14.6 Å². The van der Waals surface area contributed by atoms with Crippen molar-refractivity contribution in [1.29, 1.82) is 0 Å². The van der Waals surface area contributed by atoms with Crippen molar-refractivity contribution >= 4 is 31.7 Å². The van der Waals surface area contributed by atoms with Gasteiger partial charge >= 0.3 is 0 Å². The standard InChI is InChI=1S/C17H24BrNO3S/c1-3-14(4-2)19-16(20)17(11-5-6-12-17)23(21,22)15-9-7-13(18)8-10-15/h7-10,14H,3-6,11-12H2,1-2H3,(H,19,20). The highest BCUT2D eigenvalue weighted by Gasteiger charge is 2.53. The van der Waals surface area contributed by atoms with E-state index >= 15 is 0 Å². The first-order chi connectivity index (χ1) is 10.9. The number of sulfone groups is 1. The van der Waals surface area contributed by atoms with Crippen molar-refractivity contribution in [3.8, 4) is 0 Å². The first-order valence-electron chi connectivity index (χ1n) is 8.18. The van der Waals surface area contributed by atoms with Crippen LogP contribution in [0.2, 0.25) is 0 Å². The van der Waals surface area contributed by atoms with Gasteiger partial charge in [-0.25, -0.2) is 8.42 Å². The number of benzene rings is 1. The highest BCUT2D eigenvalue weighted by Crippen LogP contribution is 2.41. The summed E-state index contributed by atoms with van der Waals surface area (Å²) in [6.07, 6.45) is 3.94. The number of carbonyl (C=O) groups excluding carboxylic acids is 1. The summed E-state index contributed by atoms with van der Waals surface area (Å²) in [5.41, 5.74) is 0. The third-order valence-corrected chi connectivity index (χ3v) is 7.83. The first-order valence-corrected chi connectivity index (χ1v) is 10.5. The van der Waals surface area contributed by atoms with E-state index in [4.69, 9.17) is 0 Å². The highest BCUT2D eigenvalue weighted by molar-refractivity contribution is 9.10. The Labute approximate surface area is 147 Å². The van der Waals surface area contributed by atoms with Gasteiger partial charge in [-0.3, -0.25) is 4.79 Å². The topological polar surface area (TPSA) is 63.2 Å². The number of amides is 1. The number of halogens is 1. The normalized spacial score (nSPS) is 17.4. The fraction of sp³-hybridized carbons (Fsp3) is 0.588. The summed E-state index contributed by atoms with van der Waals surface area (Å²) in [6, 6.07) is 6.58. The molecule has 0 unspecified atom stereocenters. The molecule has 0 saturated heterocycles. The Bertz CT molecular complexity index is 645. The molecule has 128 valence electrons. The fourth-order valence-electron chi connectivity index (χ4n) is 3.21. The molecule has 0 atom stereocenters. The van der Waals surface area contributed by atoms with Gasteiger partial charge in [-0.15, -0.1) is 0 Å². The van der Waals surface area contributed by atoms with Crippen molar-refractivity contribution in [2.75, 3.05) is 0 Å². The largest absolute Gasteiger partial charge is 0.352 e. The van der Waals surface area contributed by atoms with Crippen LogP contribution in [0, 0.1) is 0 Å². The van der Waals surface area contributed by atoms with Crippen LogP contribution in [0.3, 0.4) is 0 Å². The van der Waals surface area contributed by atoms with Gasteiger partial charge < -0.3 is 5.32 Å². The summed E-state index contributed by atoms with van der Waals surface area (Å²) in [6.45, 7) is 4.00. The second kappa shape index (κ2) is 7.34. The highest BCUT2D eigenvalue weighted by atomic mass is 79.9. The van der Waals surface area contributed by atoms with Crippen molar-refractivity contribution in [3.63, 3.8) is 0 Å². The van der Waals surface area contributed by atoms with Crippen molar-refractivity contribution in [2.45, 2.75) is 68.1 Å². The summed E-state index contributed by atoms with van der Waals surface area (Å²) < 4.78 is 25.9. The first kappa shape index (κ1) is 18.5. The monoisotopic (exact) mass is 401 g/mol. The van der Waals surface area contributed by atoms with Crippen LogP contribution in [-0.4, -0.2) is 25.1 Å². The number of rotatable bonds is 6. The number of hydrogen-bond acceptors (Lipinski definition) is 3. The summed E-state index contributed by atoms with van der Waals surface area (Å²) in [5.74, 6) is -0.327. The van der Waals surface area contributed by atoms with E-state index < -0.39 is 14.6 Å². The lowest BCUT2D eigenvalue weighted by Crippen LogP contribution is -2.53. The zero-order chi connectivity index (χ0) is 17.1. The Morgan fingerprint density at radius 3 is 2.17 bits per heavy atom. The van der Waals surface area contributed by atoms with Crippen LogP contribution < -0.4 is 5.32 Å². The minimum absolute atomic E-state index is 0.0279. The van der Waals surface area contributed by atoms with Crippen LogP contribution >= 0.6 is 15.9 Å². The van der Waals surface area contributed by atoms with Crippen LogP contribution in [0.25, 0.3) is 0 Å². The molecule has 1 saturated carbocycles. The van der Waals surface area contributed by atoms with Gasteiger partial charge in [0, 0.05) is 10.5 Å². The maximum absolute atomic E-state index is 13.2. The molecule has 0 aromatic heterocycles. The minimum atomic E-state index is -3.71. The van der Waals surface area contributed by atoms with Crippen LogP contribution in [0.15, 0.2) is 33.6 Å². The van der Waals surface area contributed by atoms with E-state index in [0.717, 1.165) is 30.2 Å². The Morgan fingerprint density at radius 1 is 1.17 bits per heavy atom. The Morgan fingerprint density at radius 2 is 1.70 bits per heavy atom. The van der Waals surface area contributed by atoms with E-state index in [1.165, 1.54) is 0 Å². The second-order valence-electron chi connectivity index (χ2n) is 6.15. The summed E-state index contributed by atoms with van der Waals surface area (Å²) in [4.78, 5) is 13.1. The van der Waals surface area contributed by atoms with Gasteiger partial charge in [-0.2, -0.15) is 0 Å². The SMILES string of the molecule is CCC(CC)NC(=O)C1(S(=O)(=O)c2ccc(Br)cc2)CCCC1. The summed E-state index contributed by atoms with van der Waals surface area (Å²) >= 11 is 3.32. The molecular weight excluding hydrogens is 378 g/mol.